The molecule has 0 unspecified atom stereocenters. The van der Waals surface area contributed by atoms with Crippen LogP contribution >= 0.6 is 11.3 Å². The minimum Gasteiger partial charge on any atom is -0.241 e. The van der Waals surface area contributed by atoms with Crippen molar-refractivity contribution in [1.82, 2.24) is 14.8 Å². The predicted octanol–water partition coefficient (Wildman–Crippen LogP) is 3.70. The average molecular weight is 292 g/mol. The first-order chi connectivity index (χ1) is 10.3. The molecule has 4 nitrogen and oxygen atoms in total. The van der Waals surface area contributed by atoms with Crippen molar-refractivity contribution < 1.29 is 0 Å². The topological polar surface area (TPSA) is 54.5 Å². The van der Waals surface area contributed by atoms with Gasteiger partial charge in [0, 0.05) is 22.8 Å². The molecule has 0 radical (unpaired) electrons. The van der Waals surface area contributed by atoms with E-state index in [1.165, 1.54) is 11.3 Å². The molecule has 2 aromatic heterocycles. The number of benzene rings is 1. The number of rotatable bonds is 3. The van der Waals surface area contributed by atoms with Crippen LogP contribution in [0.2, 0.25) is 0 Å². The Hall–Kier alpha value is -2.71. The van der Waals surface area contributed by atoms with E-state index in [-0.39, 0.29) is 0 Å². The van der Waals surface area contributed by atoms with E-state index >= 15 is 0 Å². The number of thiazole rings is 1. The zero-order valence-electron chi connectivity index (χ0n) is 11.4. The fraction of sp³-hybridized carbons (Fsp3) is 0.0625. The highest BCUT2D eigenvalue weighted by Gasteiger charge is 2.07. The number of hydrogen-bond acceptors (Lipinski definition) is 4. The lowest BCUT2D eigenvalue weighted by molar-refractivity contribution is 0.880. The summed E-state index contributed by atoms with van der Waals surface area (Å²) in [4.78, 5) is 4.34. The molecule has 21 heavy (non-hydrogen) atoms. The van der Waals surface area contributed by atoms with E-state index in [4.69, 9.17) is 0 Å². The minimum atomic E-state index is 0.556. The number of para-hydroxylation sites is 1. The van der Waals surface area contributed by atoms with Crippen LogP contribution in [-0.2, 0) is 0 Å². The highest BCUT2D eigenvalue weighted by Crippen LogP contribution is 2.21. The number of nitrogens with zero attached hydrogens (tertiary/aromatic N) is 4. The van der Waals surface area contributed by atoms with Gasteiger partial charge in [0.15, 0.2) is 0 Å². The van der Waals surface area contributed by atoms with Crippen molar-refractivity contribution in [2.75, 3.05) is 0 Å². The third kappa shape index (κ3) is 2.91. The van der Waals surface area contributed by atoms with Gasteiger partial charge in [-0.05, 0) is 25.1 Å². The van der Waals surface area contributed by atoms with Gasteiger partial charge in [0.25, 0.3) is 0 Å². The van der Waals surface area contributed by atoms with Gasteiger partial charge in [-0.15, -0.1) is 11.3 Å². The molecule has 0 fully saturated rings. The summed E-state index contributed by atoms with van der Waals surface area (Å²) in [5, 5.41) is 16.3. The quantitative estimate of drug-likeness (QED) is 0.692. The van der Waals surface area contributed by atoms with Gasteiger partial charge in [-0.1, -0.05) is 18.2 Å². The Kier molecular flexibility index (Phi) is 3.63. The van der Waals surface area contributed by atoms with Gasteiger partial charge in [0.05, 0.1) is 17.5 Å². The molecule has 0 saturated carbocycles. The van der Waals surface area contributed by atoms with Crippen LogP contribution in [0.15, 0.2) is 48.1 Å². The van der Waals surface area contributed by atoms with E-state index in [1.54, 1.807) is 10.9 Å². The predicted molar refractivity (Wildman–Crippen MR) is 83.9 cm³/mol. The lowest BCUT2D eigenvalue weighted by Gasteiger charge is -1.98. The Morgan fingerprint density at radius 2 is 2.14 bits per heavy atom. The van der Waals surface area contributed by atoms with Crippen LogP contribution in [0.1, 0.15) is 16.3 Å². The second-order valence-corrected chi connectivity index (χ2v) is 5.38. The van der Waals surface area contributed by atoms with E-state index in [0.717, 1.165) is 22.0 Å². The Balaban J connectivity index is 1.93. The molecule has 5 heteroatoms. The van der Waals surface area contributed by atoms with Crippen molar-refractivity contribution in [2.24, 2.45) is 0 Å². The average Bonchev–Trinajstić information content (AvgIpc) is 3.15. The second-order valence-electron chi connectivity index (χ2n) is 4.52. The first kappa shape index (κ1) is 13.3. The number of aryl methyl sites for hydroxylation is 1. The SMILES string of the molecule is Cc1csc(/C(C#N)=C/c2cnn(-c3ccccc3)c2)n1. The number of allylic oxidation sites excluding steroid dienone is 1. The van der Waals surface area contributed by atoms with Crippen molar-refractivity contribution in [1.29, 1.82) is 5.26 Å². The van der Waals surface area contributed by atoms with E-state index in [1.807, 2.05) is 54.9 Å². The number of hydrogen-bond donors (Lipinski definition) is 0. The summed E-state index contributed by atoms with van der Waals surface area (Å²) in [5.74, 6) is 0. The lowest BCUT2D eigenvalue weighted by atomic mass is 10.2. The molecule has 0 saturated heterocycles. The fourth-order valence-electron chi connectivity index (χ4n) is 1.92. The largest absolute Gasteiger partial charge is 0.241 e. The number of aromatic nitrogens is 3. The molecule has 0 N–H and O–H groups in total. The zero-order valence-corrected chi connectivity index (χ0v) is 12.2. The molecule has 0 bridgehead atoms. The summed E-state index contributed by atoms with van der Waals surface area (Å²) >= 11 is 1.48. The molecule has 0 aliphatic heterocycles. The van der Waals surface area contributed by atoms with Gasteiger partial charge in [0.2, 0.25) is 0 Å². The Bertz CT molecular complexity index is 821. The van der Waals surface area contributed by atoms with Gasteiger partial charge in [-0.2, -0.15) is 10.4 Å². The van der Waals surface area contributed by atoms with Crippen molar-refractivity contribution in [3.05, 3.63) is 64.4 Å². The molecule has 0 atom stereocenters. The molecular weight excluding hydrogens is 280 g/mol. The Morgan fingerprint density at radius 1 is 1.33 bits per heavy atom. The van der Waals surface area contributed by atoms with Crippen LogP contribution in [0.3, 0.4) is 0 Å². The standard InChI is InChI=1S/C16H12N4S/c1-12-11-21-16(19-12)14(8-17)7-13-9-18-20(10-13)15-5-3-2-4-6-15/h2-7,9-11H,1H3/b14-7+. The Labute approximate surface area is 126 Å². The highest BCUT2D eigenvalue weighted by atomic mass is 32.1. The number of nitriles is 1. The van der Waals surface area contributed by atoms with Crippen LogP contribution in [-0.4, -0.2) is 14.8 Å². The third-order valence-electron chi connectivity index (χ3n) is 2.90. The van der Waals surface area contributed by atoms with Crippen molar-refractivity contribution in [3.8, 4) is 11.8 Å². The smallest absolute Gasteiger partial charge is 0.134 e. The summed E-state index contributed by atoms with van der Waals surface area (Å²) in [5.41, 5.74) is 3.35. The minimum absolute atomic E-state index is 0.556. The molecule has 0 amide bonds. The van der Waals surface area contributed by atoms with Crippen LogP contribution < -0.4 is 0 Å². The van der Waals surface area contributed by atoms with Crippen molar-refractivity contribution in [2.45, 2.75) is 6.92 Å². The molecular formula is C16H12N4S. The summed E-state index contributed by atoms with van der Waals surface area (Å²) in [6.07, 6.45) is 5.45. The van der Waals surface area contributed by atoms with Crippen LogP contribution in [0.4, 0.5) is 0 Å². The van der Waals surface area contributed by atoms with Crippen LogP contribution in [0.25, 0.3) is 17.3 Å². The van der Waals surface area contributed by atoms with E-state index in [9.17, 15) is 5.26 Å². The van der Waals surface area contributed by atoms with Crippen molar-refractivity contribution >= 4 is 23.0 Å². The lowest BCUT2D eigenvalue weighted by Crippen LogP contribution is -1.92. The zero-order chi connectivity index (χ0) is 14.7. The van der Waals surface area contributed by atoms with Crippen molar-refractivity contribution in [3.63, 3.8) is 0 Å². The maximum absolute atomic E-state index is 9.30. The molecule has 3 aromatic rings. The monoisotopic (exact) mass is 292 g/mol. The molecule has 102 valence electrons. The summed E-state index contributed by atoms with van der Waals surface area (Å²) < 4.78 is 1.79. The summed E-state index contributed by atoms with van der Waals surface area (Å²) in [6, 6.07) is 12.1. The van der Waals surface area contributed by atoms with Gasteiger partial charge >= 0.3 is 0 Å². The molecule has 0 aliphatic carbocycles. The summed E-state index contributed by atoms with van der Waals surface area (Å²) in [6.45, 7) is 1.92. The van der Waals surface area contributed by atoms with E-state index in [0.29, 0.717) is 5.57 Å². The van der Waals surface area contributed by atoms with Gasteiger partial charge in [-0.25, -0.2) is 9.67 Å². The van der Waals surface area contributed by atoms with E-state index in [2.05, 4.69) is 16.2 Å². The molecule has 2 heterocycles. The van der Waals surface area contributed by atoms with Gasteiger partial charge in [-0.3, -0.25) is 0 Å². The molecule has 1 aromatic carbocycles. The fourth-order valence-corrected chi connectivity index (χ4v) is 2.68. The van der Waals surface area contributed by atoms with E-state index < -0.39 is 0 Å². The Morgan fingerprint density at radius 3 is 2.81 bits per heavy atom. The van der Waals surface area contributed by atoms with Gasteiger partial charge in [0.1, 0.15) is 11.1 Å². The molecule has 3 rings (SSSR count). The first-order valence-electron chi connectivity index (χ1n) is 6.40. The molecule has 0 spiro atoms. The van der Waals surface area contributed by atoms with Gasteiger partial charge < -0.3 is 0 Å². The normalized spacial score (nSPS) is 11.3. The molecule has 0 aliphatic rings. The first-order valence-corrected chi connectivity index (χ1v) is 7.28. The van der Waals surface area contributed by atoms with Crippen LogP contribution in [0, 0.1) is 18.3 Å². The second kappa shape index (κ2) is 5.73. The van der Waals surface area contributed by atoms with Crippen LogP contribution in [0.5, 0.6) is 0 Å². The highest BCUT2D eigenvalue weighted by molar-refractivity contribution is 7.11. The maximum Gasteiger partial charge on any atom is 0.134 e. The third-order valence-corrected chi connectivity index (χ3v) is 3.90. The maximum atomic E-state index is 9.30. The summed E-state index contributed by atoms with van der Waals surface area (Å²) in [7, 11) is 0.